The van der Waals surface area contributed by atoms with Crippen LogP contribution in [0, 0.1) is 0 Å². The topological polar surface area (TPSA) is 12.5 Å². The second-order valence-corrected chi connectivity index (χ2v) is 8.10. The van der Waals surface area contributed by atoms with Crippen molar-refractivity contribution in [3.63, 3.8) is 0 Å². The molecule has 2 nitrogen and oxygen atoms in total. The minimum atomic E-state index is 0.216. The van der Waals surface area contributed by atoms with E-state index in [1.165, 1.54) is 49.9 Å². The molecule has 1 heterocycles. The van der Waals surface area contributed by atoms with Crippen molar-refractivity contribution < 1.29 is 4.74 Å². The fourth-order valence-corrected chi connectivity index (χ4v) is 4.46. The Hall–Kier alpha value is -1.64. The molecule has 1 aliphatic heterocycles. The van der Waals surface area contributed by atoms with E-state index in [-0.39, 0.29) is 6.10 Å². The minimum absolute atomic E-state index is 0.216. The number of nitrogens with zero attached hydrogens (tertiary/aromatic N) is 1. The van der Waals surface area contributed by atoms with Crippen molar-refractivity contribution in [3.8, 4) is 0 Å². The van der Waals surface area contributed by atoms with Crippen LogP contribution < -0.4 is 0 Å². The summed E-state index contributed by atoms with van der Waals surface area (Å²) in [6.07, 6.45) is 10.2. The molecular weight excluding hydrogens is 342 g/mol. The van der Waals surface area contributed by atoms with Gasteiger partial charge >= 0.3 is 0 Å². The molecule has 0 spiro atoms. The van der Waals surface area contributed by atoms with Gasteiger partial charge in [0.05, 0.1) is 6.10 Å². The van der Waals surface area contributed by atoms with Crippen LogP contribution in [0.15, 0.2) is 60.7 Å². The van der Waals surface area contributed by atoms with E-state index in [1.807, 2.05) is 0 Å². The summed E-state index contributed by atoms with van der Waals surface area (Å²) in [4.78, 5) is 2.69. The molecule has 2 unspecified atom stereocenters. The number of hydrogen-bond donors (Lipinski definition) is 0. The molecule has 0 bridgehead atoms. The van der Waals surface area contributed by atoms with Crippen molar-refractivity contribution in [2.45, 2.75) is 70.4 Å². The largest absolute Gasteiger partial charge is 0.373 e. The number of hydrogen-bond acceptors (Lipinski definition) is 2. The first-order valence-corrected chi connectivity index (χ1v) is 11.3. The maximum Gasteiger partial charge on any atom is 0.0825 e. The summed E-state index contributed by atoms with van der Waals surface area (Å²) in [5, 5.41) is 0. The molecule has 2 heteroatoms. The Morgan fingerprint density at radius 3 is 2.46 bits per heavy atom. The zero-order valence-corrected chi connectivity index (χ0v) is 17.6. The van der Waals surface area contributed by atoms with E-state index < -0.39 is 0 Å². The van der Waals surface area contributed by atoms with E-state index >= 15 is 0 Å². The summed E-state index contributed by atoms with van der Waals surface area (Å²) in [6.45, 7) is 5.65. The summed E-state index contributed by atoms with van der Waals surface area (Å²) in [6, 6.07) is 22.4. The summed E-state index contributed by atoms with van der Waals surface area (Å²) in [5.74, 6) is 0. The SMILES string of the molecule is CCC1CCCCN1CCCOC(CCCc1ccccc1)c1ccccc1. The van der Waals surface area contributed by atoms with Crippen molar-refractivity contribution in [1.29, 1.82) is 0 Å². The van der Waals surface area contributed by atoms with Crippen LogP contribution in [0.4, 0.5) is 0 Å². The molecule has 0 radical (unpaired) electrons. The summed E-state index contributed by atoms with van der Waals surface area (Å²) in [5.41, 5.74) is 2.74. The Labute approximate surface area is 171 Å². The lowest BCUT2D eigenvalue weighted by Crippen LogP contribution is -2.39. The molecule has 1 saturated heterocycles. The molecule has 3 rings (SSSR count). The average molecular weight is 380 g/mol. The molecular formula is C26H37NO. The first-order chi connectivity index (χ1) is 13.9. The van der Waals surface area contributed by atoms with Gasteiger partial charge in [-0.1, -0.05) is 74.0 Å². The first kappa shape index (κ1) is 21.1. The fourth-order valence-electron chi connectivity index (χ4n) is 4.46. The average Bonchev–Trinajstić information content (AvgIpc) is 2.77. The first-order valence-electron chi connectivity index (χ1n) is 11.3. The van der Waals surface area contributed by atoms with Gasteiger partial charge in [-0.05, 0) is 62.6 Å². The third-order valence-electron chi connectivity index (χ3n) is 6.07. The Kier molecular flexibility index (Phi) is 9.06. The van der Waals surface area contributed by atoms with E-state index in [4.69, 9.17) is 4.74 Å². The van der Waals surface area contributed by atoms with Crippen LogP contribution in [0.25, 0.3) is 0 Å². The van der Waals surface area contributed by atoms with Gasteiger partial charge in [-0.3, -0.25) is 0 Å². The molecule has 1 aliphatic rings. The van der Waals surface area contributed by atoms with E-state index in [2.05, 4.69) is 72.5 Å². The molecule has 2 aromatic carbocycles. The van der Waals surface area contributed by atoms with E-state index in [0.29, 0.717) is 0 Å². The van der Waals surface area contributed by atoms with Crippen LogP contribution in [0.3, 0.4) is 0 Å². The predicted molar refractivity (Wildman–Crippen MR) is 119 cm³/mol. The van der Waals surface area contributed by atoms with Crippen LogP contribution in [0.5, 0.6) is 0 Å². The van der Waals surface area contributed by atoms with E-state index in [0.717, 1.165) is 38.3 Å². The highest BCUT2D eigenvalue weighted by atomic mass is 16.5. The van der Waals surface area contributed by atoms with Gasteiger partial charge in [0.1, 0.15) is 0 Å². The number of ether oxygens (including phenoxy) is 1. The highest BCUT2D eigenvalue weighted by Crippen LogP contribution is 2.24. The molecule has 0 saturated carbocycles. The van der Waals surface area contributed by atoms with Gasteiger partial charge in [-0.15, -0.1) is 0 Å². The van der Waals surface area contributed by atoms with Gasteiger partial charge in [0.15, 0.2) is 0 Å². The second kappa shape index (κ2) is 12.0. The highest BCUT2D eigenvalue weighted by molar-refractivity contribution is 5.18. The van der Waals surface area contributed by atoms with Crippen LogP contribution in [0.1, 0.15) is 69.1 Å². The van der Waals surface area contributed by atoms with E-state index in [9.17, 15) is 0 Å². The third-order valence-corrected chi connectivity index (χ3v) is 6.07. The molecule has 2 atom stereocenters. The van der Waals surface area contributed by atoms with Gasteiger partial charge in [0.25, 0.3) is 0 Å². The Bertz CT molecular complexity index is 642. The third kappa shape index (κ3) is 6.76. The molecule has 0 N–H and O–H groups in total. The Morgan fingerprint density at radius 1 is 0.964 bits per heavy atom. The Balaban J connectivity index is 1.45. The summed E-state index contributed by atoms with van der Waals surface area (Å²) < 4.78 is 6.40. The van der Waals surface area contributed by atoms with Crippen molar-refractivity contribution in [2.75, 3.05) is 19.7 Å². The number of aryl methyl sites for hydroxylation is 1. The van der Waals surface area contributed by atoms with Crippen LogP contribution >= 0.6 is 0 Å². The van der Waals surface area contributed by atoms with Gasteiger partial charge in [0.2, 0.25) is 0 Å². The van der Waals surface area contributed by atoms with Crippen molar-refractivity contribution in [2.24, 2.45) is 0 Å². The quantitative estimate of drug-likeness (QED) is 0.418. The van der Waals surface area contributed by atoms with Crippen molar-refractivity contribution in [1.82, 2.24) is 4.90 Å². The Morgan fingerprint density at radius 2 is 1.71 bits per heavy atom. The van der Waals surface area contributed by atoms with Crippen LogP contribution in [-0.4, -0.2) is 30.6 Å². The molecule has 1 fully saturated rings. The lowest BCUT2D eigenvalue weighted by molar-refractivity contribution is 0.0340. The molecule has 28 heavy (non-hydrogen) atoms. The lowest BCUT2D eigenvalue weighted by atomic mass is 10.00. The molecule has 0 amide bonds. The number of benzene rings is 2. The number of rotatable bonds is 11. The van der Waals surface area contributed by atoms with E-state index in [1.54, 1.807) is 0 Å². The van der Waals surface area contributed by atoms with Gasteiger partial charge < -0.3 is 9.64 Å². The second-order valence-electron chi connectivity index (χ2n) is 8.10. The zero-order chi connectivity index (χ0) is 19.4. The van der Waals surface area contributed by atoms with Crippen LogP contribution in [-0.2, 0) is 11.2 Å². The maximum absolute atomic E-state index is 6.40. The molecule has 2 aromatic rings. The van der Waals surface area contributed by atoms with Gasteiger partial charge in [-0.2, -0.15) is 0 Å². The standard InChI is InChI=1S/C26H37NO/c1-2-25-18-9-10-20-27(25)21-12-22-28-26(24-16-7-4-8-17-24)19-11-15-23-13-5-3-6-14-23/h3-8,13-14,16-17,25-26H,2,9-12,15,18-22H2,1H3. The molecule has 0 aromatic heterocycles. The van der Waals surface area contributed by atoms with Crippen LogP contribution in [0.2, 0.25) is 0 Å². The van der Waals surface area contributed by atoms with Crippen molar-refractivity contribution >= 4 is 0 Å². The summed E-state index contributed by atoms with van der Waals surface area (Å²) in [7, 11) is 0. The fraction of sp³-hybridized carbons (Fsp3) is 0.538. The molecule has 0 aliphatic carbocycles. The van der Waals surface area contributed by atoms with Crippen molar-refractivity contribution in [3.05, 3.63) is 71.8 Å². The zero-order valence-electron chi connectivity index (χ0n) is 17.6. The number of piperidine rings is 1. The molecule has 152 valence electrons. The van der Waals surface area contributed by atoms with Gasteiger partial charge in [-0.25, -0.2) is 0 Å². The lowest BCUT2D eigenvalue weighted by Gasteiger charge is -2.35. The minimum Gasteiger partial charge on any atom is -0.373 e. The van der Waals surface area contributed by atoms with Gasteiger partial charge in [0, 0.05) is 19.2 Å². The smallest absolute Gasteiger partial charge is 0.0825 e. The monoisotopic (exact) mass is 379 g/mol. The normalized spacial score (nSPS) is 18.8. The maximum atomic E-state index is 6.40. The number of likely N-dealkylation sites (tertiary alicyclic amines) is 1. The highest BCUT2D eigenvalue weighted by Gasteiger charge is 2.20. The summed E-state index contributed by atoms with van der Waals surface area (Å²) >= 11 is 0. The predicted octanol–water partition coefficient (Wildman–Crippen LogP) is 6.42.